The van der Waals surface area contributed by atoms with Crippen molar-refractivity contribution in [3.05, 3.63) is 75.9 Å². The molecular formula is C20H21N5S. The number of thiophene rings is 1. The maximum atomic E-state index is 4.42. The lowest BCUT2D eigenvalue weighted by Gasteiger charge is -2.20. The largest absolute Gasteiger partial charge is 0.358 e. The summed E-state index contributed by atoms with van der Waals surface area (Å²) in [4.78, 5) is 9.90. The first-order valence-corrected chi connectivity index (χ1v) is 9.68. The van der Waals surface area contributed by atoms with Gasteiger partial charge in [0, 0.05) is 16.6 Å². The van der Waals surface area contributed by atoms with Crippen molar-refractivity contribution in [1.29, 1.82) is 0 Å². The molecule has 132 valence electrons. The molecule has 26 heavy (non-hydrogen) atoms. The molecule has 1 aromatic carbocycles. The normalized spacial score (nSPS) is 12.4. The minimum absolute atomic E-state index is 0.0554. The van der Waals surface area contributed by atoms with Crippen LogP contribution >= 0.6 is 11.3 Å². The van der Waals surface area contributed by atoms with E-state index in [0.717, 1.165) is 24.4 Å². The Kier molecular flexibility index (Phi) is 4.67. The lowest BCUT2D eigenvalue weighted by molar-refractivity contribution is 0.874. The van der Waals surface area contributed by atoms with Crippen LogP contribution in [-0.2, 0) is 6.42 Å². The maximum Gasteiger partial charge on any atom is 0.254 e. The smallest absolute Gasteiger partial charge is 0.254 e. The van der Waals surface area contributed by atoms with Gasteiger partial charge in [0.15, 0.2) is 0 Å². The van der Waals surface area contributed by atoms with Crippen molar-refractivity contribution in [2.45, 2.75) is 32.7 Å². The highest BCUT2D eigenvalue weighted by Gasteiger charge is 2.17. The predicted molar refractivity (Wildman–Crippen MR) is 106 cm³/mol. The van der Waals surface area contributed by atoms with Gasteiger partial charge in [0.25, 0.3) is 5.78 Å². The van der Waals surface area contributed by atoms with E-state index >= 15 is 0 Å². The van der Waals surface area contributed by atoms with Gasteiger partial charge in [-0.3, -0.25) is 0 Å². The quantitative estimate of drug-likeness (QED) is 0.542. The number of hydrogen-bond donors (Lipinski definition) is 1. The van der Waals surface area contributed by atoms with Gasteiger partial charge >= 0.3 is 0 Å². The van der Waals surface area contributed by atoms with Gasteiger partial charge in [-0.15, -0.1) is 11.3 Å². The number of hydrogen-bond acceptors (Lipinski definition) is 5. The Hall–Kier alpha value is -2.73. The van der Waals surface area contributed by atoms with Crippen LogP contribution in [0.4, 0.5) is 5.82 Å². The molecule has 0 bridgehead atoms. The lowest BCUT2D eigenvalue weighted by Crippen LogP contribution is -2.14. The van der Waals surface area contributed by atoms with Crippen LogP contribution in [0.1, 0.15) is 41.1 Å². The molecule has 1 N–H and O–H groups in total. The Morgan fingerprint density at radius 1 is 1.19 bits per heavy atom. The summed E-state index contributed by atoms with van der Waals surface area (Å²) < 4.78 is 1.75. The first-order chi connectivity index (χ1) is 12.7. The highest BCUT2D eigenvalue weighted by atomic mass is 32.1. The molecule has 0 unspecified atom stereocenters. The minimum atomic E-state index is 0.0554. The number of anilines is 1. The van der Waals surface area contributed by atoms with Crippen molar-refractivity contribution in [1.82, 2.24) is 19.6 Å². The number of benzene rings is 1. The van der Waals surface area contributed by atoms with Gasteiger partial charge in [-0.2, -0.15) is 14.6 Å². The fourth-order valence-electron chi connectivity index (χ4n) is 3.12. The van der Waals surface area contributed by atoms with E-state index in [9.17, 15) is 0 Å². The van der Waals surface area contributed by atoms with E-state index in [1.54, 1.807) is 15.9 Å². The van der Waals surface area contributed by atoms with Crippen LogP contribution < -0.4 is 5.32 Å². The Bertz CT molecular complexity index is 989. The number of fused-ring (bicyclic) bond motifs is 1. The first-order valence-electron chi connectivity index (χ1n) is 8.81. The van der Waals surface area contributed by atoms with Crippen LogP contribution in [0, 0.1) is 6.92 Å². The van der Waals surface area contributed by atoms with E-state index in [0.29, 0.717) is 5.78 Å². The van der Waals surface area contributed by atoms with Gasteiger partial charge in [-0.1, -0.05) is 43.7 Å². The molecule has 4 aromatic rings. The highest BCUT2D eigenvalue weighted by molar-refractivity contribution is 7.10. The Balaban J connectivity index is 1.73. The van der Waals surface area contributed by atoms with Crippen molar-refractivity contribution < 1.29 is 0 Å². The van der Waals surface area contributed by atoms with Crippen molar-refractivity contribution in [3.8, 4) is 0 Å². The zero-order chi connectivity index (χ0) is 17.9. The van der Waals surface area contributed by atoms with Crippen molar-refractivity contribution in [2.24, 2.45) is 0 Å². The molecular weight excluding hydrogens is 342 g/mol. The molecule has 0 radical (unpaired) electrons. The summed E-state index contributed by atoms with van der Waals surface area (Å²) in [7, 11) is 0. The van der Waals surface area contributed by atoms with Gasteiger partial charge in [0.1, 0.15) is 12.1 Å². The van der Waals surface area contributed by atoms with E-state index in [1.165, 1.54) is 22.3 Å². The van der Waals surface area contributed by atoms with Gasteiger partial charge in [0.2, 0.25) is 0 Å². The average molecular weight is 363 g/mol. The number of nitrogens with zero attached hydrogens (tertiary/aromatic N) is 4. The van der Waals surface area contributed by atoms with Crippen LogP contribution in [0.5, 0.6) is 0 Å². The third kappa shape index (κ3) is 3.32. The van der Waals surface area contributed by atoms with Crippen molar-refractivity contribution in [3.63, 3.8) is 0 Å². The summed E-state index contributed by atoms with van der Waals surface area (Å²) in [5.41, 5.74) is 3.52. The standard InChI is InChI=1S/C20H21N5S/c1-3-5-15-7-9-16(10-8-15)19(17-6-4-11-26-17)24-18-12-14(2)23-20-21-13-22-25(18)20/h4,6-13,19,24H,3,5H2,1-2H3/t19-/m0/s1. The molecule has 4 rings (SSSR count). The minimum Gasteiger partial charge on any atom is -0.358 e. The van der Waals surface area contributed by atoms with Gasteiger partial charge in [0.05, 0.1) is 6.04 Å². The third-order valence-electron chi connectivity index (χ3n) is 4.35. The summed E-state index contributed by atoms with van der Waals surface area (Å²) in [6.45, 7) is 4.18. The highest BCUT2D eigenvalue weighted by Crippen LogP contribution is 2.30. The monoisotopic (exact) mass is 363 g/mol. The molecule has 3 aromatic heterocycles. The molecule has 0 aliphatic heterocycles. The Morgan fingerprint density at radius 3 is 2.77 bits per heavy atom. The summed E-state index contributed by atoms with van der Waals surface area (Å²) in [5.74, 6) is 1.50. The lowest BCUT2D eigenvalue weighted by atomic mass is 10.0. The first kappa shape index (κ1) is 16.7. The van der Waals surface area contributed by atoms with E-state index in [2.05, 4.69) is 69.1 Å². The van der Waals surface area contributed by atoms with E-state index in [-0.39, 0.29) is 6.04 Å². The van der Waals surface area contributed by atoms with E-state index in [4.69, 9.17) is 0 Å². The topological polar surface area (TPSA) is 55.1 Å². The average Bonchev–Trinajstić information content (AvgIpc) is 3.32. The molecule has 0 saturated heterocycles. The number of aryl methyl sites for hydroxylation is 2. The predicted octanol–water partition coefficient (Wildman–Crippen LogP) is 4.65. The molecule has 0 aliphatic carbocycles. The van der Waals surface area contributed by atoms with Crippen LogP contribution in [0.3, 0.4) is 0 Å². The molecule has 0 aliphatic rings. The fraction of sp³-hybridized carbons (Fsp3) is 0.250. The molecule has 0 fully saturated rings. The SMILES string of the molecule is CCCc1ccc([C@H](Nc2cc(C)nc3ncnn23)c2cccs2)cc1. The molecule has 0 amide bonds. The maximum absolute atomic E-state index is 4.42. The summed E-state index contributed by atoms with van der Waals surface area (Å²) in [5, 5.41) is 10.1. The molecule has 0 saturated carbocycles. The van der Waals surface area contributed by atoms with Crippen molar-refractivity contribution in [2.75, 3.05) is 5.32 Å². The van der Waals surface area contributed by atoms with Crippen LogP contribution in [0.15, 0.2) is 54.2 Å². The number of nitrogens with one attached hydrogen (secondary N) is 1. The van der Waals surface area contributed by atoms with Crippen LogP contribution in [-0.4, -0.2) is 19.6 Å². The molecule has 6 heteroatoms. The molecule has 3 heterocycles. The number of aromatic nitrogens is 4. The zero-order valence-corrected chi connectivity index (χ0v) is 15.7. The summed E-state index contributed by atoms with van der Waals surface area (Å²) in [6, 6.07) is 15.2. The second-order valence-corrected chi connectivity index (χ2v) is 7.32. The molecule has 5 nitrogen and oxygen atoms in total. The van der Waals surface area contributed by atoms with Gasteiger partial charge < -0.3 is 5.32 Å². The van der Waals surface area contributed by atoms with E-state index < -0.39 is 0 Å². The second kappa shape index (κ2) is 7.25. The Morgan fingerprint density at radius 2 is 2.04 bits per heavy atom. The Labute approximate surface area is 156 Å². The van der Waals surface area contributed by atoms with Crippen LogP contribution in [0.2, 0.25) is 0 Å². The fourth-order valence-corrected chi connectivity index (χ4v) is 3.92. The van der Waals surface area contributed by atoms with Gasteiger partial charge in [-0.25, -0.2) is 4.98 Å². The summed E-state index contributed by atoms with van der Waals surface area (Å²) >= 11 is 1.75. The van der Waals surface area contributed by atoms with Crippen LogP contribution in [0.25, 0.3) is 5.78 Å². The van der Waals surface area contributed by atoms with Crippen molar-refractivity contribution >= 4 is 22.9 Å². The second-order valence-electron chi connectivity index (χ2n) is 6.34. The molecule has 0 spiro atoms. The third-order valence-corrected chi connectivity index (χ3v) is 5.29. The molecule has 1 atom stereocenters. The van der Waals surface area contributed by atoms with E-state index in [1.807, 2.05) is 13.0 Å². The summed E-state index contributed by atoms with van der Waals surface area (Å²) in [6.07, 6.45) is 3.81. The number of rotatable bonds is 6. The van der Waals surface area contributed by atoms with Gasteiger partial charge in [-0.05, 0) is 35.9 Å². The zero-order valence-electron chi connectivity index (χ0n) is 14.9.